The second-order valence-electron chi connectivity index (χ2n) is 9.74. The van der Waals surface area contributed by atoms with E-state index in [0.717, 1.165) is 16.9 Å². The molecule has 0 spiro atoms. The second-order valence-corrected chi connectivity index (χ2v) is 10.8. The van der Waals surface area contributed by atoms with Crippen molar-refractivity contribution < 1.29 is 28.7 Å². The van der Waals surface area contributed by atoms with E-state index >= 15 is 0 Å². The molecule has 11 nitrogen and oxygen atoms in total. The Morgan fingerprint density at radius 2 is 1.80 bits per heavy atom. The van der Waals surface area contributed by atoms with E-state index in [0.29, 0.717) is 44.3 Å². The van der Waals surface area contributed by atoms with Gasteiger partial charge in [0.2, 0.25) is 0 Å². The largest absolute Gasteiger partial charge is 0.493 e. The van der Waals surface area contributed by atoms with Gasteiger partial charge in [0.15, 0.2) is 16.3 Å². The van der Waals surface area contributed by atoms with E-state index in [2.05, 4.69) is 4.99 Å². The van der Waals surface area contributed by atoms with Crippen molar-refractivity contribution in [2.45, 2.75) is 19.6 Å². The van der Waals surface area contributed by atoms with E-state index in [-0.39, 0.29) is 30.0 Å². The summed E-state index contributed by atoms with van der Waals surface area (Å²) in [6, 6.07) is 20.0. The van der Waals surface area contributed by atoms with Gasteiger partial charge in [-0.15, -0.1) is 0 Å². The maximum Gasteiger partial charge on any atom is 0.338 e. The normalized spacial score (nSPS) is 14.5. The third-order valence-corrected chi connectivity index (χ3v) is 7.89. The second kappa shape index (κ2) is 13.5. The highest BCUT2D eigenvalue weighted by Crippen LogP contribution is 2.36. The van der Waals surface area contributed by atoms with Crippen LogP contribution in [0.15, 0.2) is 93.9 Å². The van der Waals surface area contributed by atoms with E-state index < -0.39 is 16.9 Å². The summed E-state index contributed by atoms with van der Waals surface area (Å²) in [4.78, 5) is 42.9. The maximum atomic E-state index is 13.9. The van der Waals surface area contributed by atoms with Crippen LogP contribution < -0.4 is 24.4 Å². The van der Waals surface area contributed by atoms with Gasteiger partial charge in [0.05, 0.1) is 40.5 Å². The van der Waals surface area contributed by atoms with Gasteiger partial charge in [-0.3, -0.25) is 19.5 Å². The number of nitro groups is 1. The SMILES string of the molecule is COCCOC(=O)C1=C(C)N=c2s/c(=C\c3ccc([N+](=O)[O-])cc3)c(=O)n2C1c1ccc(OCc2ccccc2)c(OC)c1. The summed E-state index contributed by atoms with van der Waals surface area (Å²) in [6.07, 6.45) is 1.64. The van der Waals surface area contributed by atoms with Gasteiger partial charge in [0, 0.05) is 19.2 Å². The number of nitrogens with zero attached hydrogens (tertiary/aromatic N) is 3. The summed E-state index contributed by atoms with van der Waals surface area (Å²) in [5.41, 5.74) is 2.35. The number of allylic oxidation sites excluding steroid dienone is 1. The van der Waals surface area contributed by atoms with Crippen LogP contribution >= 0.6 is 11.3 Å². The number of aromatic nitrogens is 1. The van der Waals surface area contributed by atoms with Crippen LogP contribution in [-0.2, 0) is 20.9 Å². The average Bonchev–Trinajstić information content (AvgIpc) is 3.33. The first-order chi connectivity index (χ1) is 21.3. The van der Waals surface area contributed by atoms with E-state index in [4.69, 9.17) is 18.9 Å². The molecule has 1 unspecified atom stereocenters. The lowest BCUT2D eigenvalue weighted by atomic mass is 9.95. The van der Waals surface area contributed by atoms with Crippen molar-refractivity contribution in [1.82, 2.24) is 4.57 Å². The van der Waals surface area contributed by atoms with Crippen molar-refractivity contribution in [2.75, 3.05) is 27.4 Å². The molecule has 1 atom stereocenters. The molecule has 1 aromatic heterocycles. The Hall–Kier alpha value is -5.07. The highest BCUT2D eigenvalue weighted by atomic mass is 32.1. The molecule has 0 fully saturated rings. The molecule has 0 amide bonds. The van der Waals surface area contributed by atoms with Gasteiger partial charge in [-0.2, -0.15) is 0 Å². The van der Waals surface area contributed by atoms with Crippen LogP contribution in [0.1, 0.15) is 29.7 Å². The number of fused-ring (bicyclic) bond motifs is 1. The number of carbonyl (C=O) groups is 1. The summed E-state index contributed by atoms with van der Waals surface area (Å²) in [5.74, 6) is 0.296. The number of hydrogen-bond donors (Lipinski definition) is 0. The van der Waals surface area contributed by atoms with Crippen molar-refractivity contribution in [3.63, 3.8) is 0 Å². The Kier molecular flexibility index (Phi) is 9.32. The number of benzene rings is 3. The van der Waals surface area contributed by atoms with Gasteiger partial charge in [-0.05, 0) is 54.0 Å². The standard InChI is InChI=1S/C32H29N3O8S/c1-20-28(31(37)42-16-15-40-2)29(23-11-14-25(26(18-23)41-3)43-19-22-7-5-4-6-8-22)34-30(36)27(44-32(34)33-20)17-21-9-12-24(13-10-21)35(38)39/h4-14,17-18,29H,15-16,19H2,1-3H3/b27-17-. The number of esters is 1. The molecule has 0 bridgehead atoms. The highest BCUT2D eigenvalue weighted by molar-refractivity contribution is 7.07. The summed E-state index contributed by atoms with van der Waals surface area (Å²) in [5, 5.41) is 11.1. The number of nitro benzene ring substituents is 1. The lowest BCUT2D eigenvalue weighted by Gasteiger charge is -2.25. The molecule has 12 heteroatoms. The molecule has 1 aliphatic rings. The van der Waals surface area contributed by atoms with Crippen LogP contribution in [0.25, 0.3) is 6.08 Å². The first-order valence-corrected chi connectivity index (χ1v) is 14.4. The summed E-state index contributed by atoms with van der Waals surface area (Å²) < 4.78 is 24.0. The molecular formula is C32H29N3O8S. The van der Waals surface area contributed by atoms with Gasteiger partial charge in [0.25, 0.3) is 11.2 Å². The van der Waals surface area contributed by atoms with Crippen LogP contribution in [0, 0.1) is 10.1 Å². The predicted molar refractivity (Wildman–Crippen MR) is 163 cm³/mol. The zero-order valence-electron chi connectivity index (χ0n) is 24.2. The number of non-ortho nitro benzene ring substituents is 1. The average molecular weight is 616 g/mol. The Bertz CT molecular complexity index is 1900. The minimum Gasteiger partial charge on any atom is -0.493 e. The van der Waals surface area contributed by atoms with Gasteiger partial charge in [0.1, 0.15) is 13.2 Å². The Balaban J connectivity index is 1.59. The van der Waals surface area contributed by atoms with Gasteiger partial charge < -0.3 is 18.9 Å². The molecule has 5 rings (SSSR count). The van der Waals surface area contributed by atoms with Crippen LogP contribution in [0.4, 0.5) is 5.69 Å². The van der Waals surface area contributed by atoms with E-state index in [1.807, 2.05) is 30.3 Å². The van der Waals surface area contributed by atoms with Crippen molar-refractivity contribution in [2.24, 2.45) is 4.99 Å². The van der Waals surface area contributed by atoms with E-state index in [1.165, 1.54) is 30.9 Å². The summed E-state index contributed by atoms with van der Waals surface area (Å²) in [6.45, 7) is 2.25. The molecule has 2 heterocycles. The van der Waals surface area contributed by atoms with Gasteiger partial charge >= 0.3 is 5.97 Å². The molecule has 0 saturated heterocycles. The molecule has 0 radical (unpaired) electrons. The minimum absolute atomic E-state index is 0.0268. The lowest BCUT2D eigenvalue weighted by Crippen LogP contribution is -2.40. The molecule has 44 heavy (non-hydrogen) atoms. The third kappa shape index (κ3) is 6.46. The predicted octanol–water partition coefficient (Wildman–Crippen LogP) is 3.92. The third-order valence-electron chi connectivity index (χ3n) is 6.90. The fourth-order valence-corrected chi connectivity index (χ4v) is 5.79. The Labute approximate surface area is 256 Å². The van der Waals surface area contributed by atoms with Crippen molar-refractivity contribution in [3.8, 4) is 11.5 Å². The summed E-state index contributed by atoms with van der Waals surface area (Å²) >= 11 is 1.16. The van der Waals surface area contributed by atoms with Crippen LogP contribution in [0.3, 0.4) is 0 Å². The topological polar surface area (TPSA) is 131 Å². The molecule has 3 aromatic carbocycles. The monoisotopic (exact) mass is 615 g/mol. The first-order valence-electron chi connectivity index (χ1n) is 13.6. The fourth-order valence-electron chi connectivity index (χ4n) is 4.75. The molecule has 4 aromatic rings. The van der Waals surface area contributed by atoms with Gasteiger partial charge in [-0.1, -0.05) is 47.7 Å². The molecule has 0 saturated carbocycles. The van der Waals surface area contributed by atoms with E-state index in [9.17, 15) is 19.7 Å². The Morgan fingerprint density at radius 1 is 1.05 bits per heavy atom. The van der Waals surface area contributed by atoms with Crippen LogP contribution in [0.2, 0.25) is 0 Å². The van der Waals surface area contributed by atoms with Crippen LogP contribution in [0.5, 0.6) is 11.5 Å². The summed E-state index contributed by atoms with van der Waals surface area (Å²) in [7, 11) is 3.02. The van der Waals surface area contributed by atoms with E-state index in [1.54, 1.807) is 43.3 Å². The van der Waals surface area contributed by atoms with Crippen molar-refractivity contribution >= 4 is 29.1 Å². The number of thiazole rings is 1. The lowest BCUT2D eigenvalue weighted by molar-refractivity contribution is -0.384. The number of hydrogen-bond acceptors (Lipinski definition) is 10. The molecular weight excluding hydrogens is 586 g/mol. The van der Waals surface area contributed by atoms with Crippen LogP contribution in [-0.4, -0.2) is 42.9 Å². The first kappa shape index (κ1) is 30.4. The number of rotatable bonds is 11. The minimum atomic E-state index is -0.877. The molecule has 0 N–H and O–H groups in total. The quantitative estimate of drug-likeness (QED) is 0.107. The van der Waals surface area contributed by atoms with Crippen molar-refractivity contribution in [1.29, 1.82) is 0 Å². The number of methoxy groups -OCH3 is 2. The maximum absolute atomic E-state index is 13.9. The fraction of sp³-hybridized carbons (Fsp3) is 0.219. The molecule has 226 valence electrons. The molecule has 0 aliphatic carbocycles. The number of carbonyl (C=O) groups excluding carboxylic acids is 1. The molecule has 1 aliphatic heterocycles. The van der Waals surface area contributed by atoms with Crippen molar-refractivity contribution in [3.05, 3.63) is 131 Å². The highest BCUT2D eigenvalue weighted by Gasteiger charge is 2.34. The van der Waals surface area contributed by atoms with Gasteiger partial charge in [-0.25, -0.2) is 9.79 Å². The zero-order valence-corrected chi connectivity index (χ0v) is 25.0. The Morgan fingerprint density at radius 3 is 2.48 bits per heavy atom. The smallest absolute Gasteiger partial charge is 0.338 e. The zero-order chi connectivity index (χ0) is 31.2. The number of ether oxygens (including phenoxy) is 4.